The highest BCUT2D eigenvalue weighted by Gasteiger charge is 2.26. The maximum Gasteiger partial charge on any atom is 0.344 e. The number of benzene rings is 4. The Kier molecular flexibility index (Phi) is 16.5. The standard InChI is InChI=1S/C39H41N3O15/c43-39(30-19-34(41(46)47)23-35(20-30)42(48)49)57-38-31-21-33(40(44)45)22-32(38)25-54-27-37(29-9-5-2-6-10-29)56-18-16-52-14-12-50-11-13-51-15-17-55-36(26-53-24-31)28-7-3-1-4-8-28/h1-10,19-23,36-37H,11-18,24-27H2/t36-,37-/m1/s1. The molecule has 0 N–H and O–H groups in total. The van der Waals surface area contributed by atoms with Crippen molar-refractivity contribution in [2.45, 2.75) is 25.4 Å². The van der Waals surface area contributed by atoms with Crippen LogP contribution in [0.1, 0.15) is 44.8 Å². The van der Waals surface area contributed by atoms with Crippen LogP contribution < -0.4 is 4.74 Å². The third kappa shape index (κ3) is 13.2. The van der Waals surface area contributed by atoms with Gasteiger partial charge in [-0.15, -0.1) is 0 Å². The van der Waals surface area contributed by atoms with Gasteiger partial charge in [0.05, 0.1) is 106 Å². The lowest BCUT2D eigenvalue weighted by atomic mass is 10.1. The second-order valence-corrected chi connectivity index (χ2v) is 12.4. The van der Waals surface area contributed by atoms with Gasteiger partial charge in [-0.2, -0.15) is 0 Å². The van der Waals surface area contributed by atoms with Gasteiger partial charge >= 0.3 is 5.97 Å². The summed E-state index contributed by atoms with van der Waals surface area (Å²) in [6, 6.07) is 23.1. The minimum atomic E-state index is -1.20. The van der Waals surface area contributed by atoms with Crippen molar-refractivity contribution in [2.75, 3.05) is 66.1 Å². The fourth-order valence-corrected chi connectivity index (χ4v) is 5.67. The van der Waals surface area contributed by atoms with E-state index < -0.39 is 49.9 Å². The minimum absolute atomic E-state index is 0.0395. The molecule has 0 fully saturated rings. The van der Waals surface area contributed by atoms with Gasteiger partial charge in [-0.25, -0.2) is 4.79 Å². The fraction of sp³-hybridized carbons (Fsp3) is 0.359. The van der Waals surface area contributed by atoms with Crippen LogP contribution >= 0.6 is 0 Å². The molecule has 5 rings (SSSR count). The van der Waals surface area contributed by atoms with E-state index >= 15 is 0 Å². The van der Waals surface area contributed by atoms with E-state index in [-0.39, 0.29) is 75.4 Å². The van der Waals surface area contributed by atoms with E-state index in [0.717, 1.165) is 35.4 Å². The first-order chi connectivity index (χ1) is 27.7. The third-order valence-electron chi connectivity index (χ3n) is 8.43. The third-order valence-corrected chi connectivity index (χ3v) is 8.43. The second kappa shape index (κ2) is 22.1. The number of ether oxygens (including phenoxy) is 8. The molecule has 0 aromatic heterocycles. The lowest BCUT2D eigenvalue weighted by Gasteiger charge is -2.21. The average molecular weight is 792 g/mol. The van der Waals surface area contributed by atoms with Gasteiger partial charge in [0.25, 0.3) is 17.1 Å². The van der Waals surface area contributed by atoms with Crippen molar-refractivity contribution in [3.8, 4) is 5.75 Å². The second-order valence-electron chi connectivity index (χ2n) is 12.4. The van der Waals surface area contributed by atoms with E-state index in [9.17, 15) is 35.1 Å². The number of fused-ring (bicyclic) bond motifs is 2. The summed E-state index contributed by atoms with van der Waals surface area (Å²) >= 11 is 0. The van der Waals surface area contributed by atoms with Crippen LogP contribution in [-0.4, -0.2) is 86.8 Å². The minimum Gasteiger partial charge on any atom is -0.422 e. The van der Waals surface area contributed by atoms with Gasteiger partial charge < -0.3 is 37.9 Å². The van der Waals surface area contributed by atoms with Gasteiger partial charge in [0.15, 0.2) is 0 Å². The van der Waals surface area contributed by atoms with E-state index in [4.69, 9.17) is 37.9 Å². The molecule has 4 aromatic rings. The number of hydrogen-bond donors (Lipinski definition) is 0. The average Bonchev–Trinajstić information content (AvgIpc) is 3.21. The predicted octanol–water partition coefficient (Wildman–Crippen LogP) is 6.24. The molecule has 2 atom stereocenters. The van der Waals surface area contributed by atoms with Gasteiger partial charge in [-0.1, -0.05) is 60.7 Å². The predicted molar refractivity (Wildman–Crippen MR) is 200 cm³/mol. The largest absolute Gasteiger partial charge is 0.422 e. The normalized spacial score (nSPS) is 18.4. The summed E-state index contributed by atoms with van der Waals surface area (Å²) in [6.45, 7) is 1.55. The Morgan fingerprint density at radius 1 is 0.526 bits per heavy atom. The molecule has 0 saturated carbocycles. The number of carbonyl (C=O) groups excluding carboxylic acids is 1. The molecule has 1 aliphatic rings. The number of carbonyl (C=O) groups is 1. The molecule has 0 aliphatic carbocycles. The zero-order chi connectivity index (χ0) is 40.4. The van der Waals surface area contributed by atoms with E-state index in [1.807, 2.05) is 60.7 Å². The summed E-state index contributed by atoms with van der Waals surface area (Å²) in [5.74, 6) is -1.40. The summed E-state index contributed by atoms with van der Waals surface area (Å²) in [5.41, 5.74) is -0.640. The molecule has 4 aromatic carbocycles. The number of nitrogens with zero attached hydrogens (tertiary/aromatic N) is 3. The molecule has 0 spiro atoms. The van der Waals surface area contributed by atoms with Crippen LogP contribution in [0.4, 0.5) is 17.1 Å². The van der Waals surface area contributed by atoms with E-state index in [0.29, 0.717) is 32.5 Å². The number of nitro groups is 3. The molecule has 18 nitrogen and oxygen atoms in total. The highest BCUT2D eigenvalue weighted by Crippen LogP contribution is 2.34. The van der Waals surface area contributed by atoms with Crippen molar-refractivity contribution in [1.29, 1.82) is 0 Å². The van der Waals surface area contributed by atoms with Crippen LogP contribution in [0.25, 0.3) is 0 Å². The maximum absolute atomic E-state index is 13.6. The Labute approximate surface area is 326 Å². The lowest BCUT2D eigenvalue weighted by Crippen LogP contribution is -2.18. The Hall–Kier alpha value is -5.73. The SMILES string of the molecule is O=C(Oc1c2cc([N+](=O)[O-])cc1COC[C@H](c1ccccc1)OCCOCCOCCOCCO[C@@H](c1ccccc1)COC2)c1cc([N+](=O)[O-])cc([N+](=O)[O-])c1. The highest BCUT2D eigenvalue weighted by atomic mass is 16.6. The summed E-state index contributed by atoms with van der Waals surface area (Å²) in [4.78, 5) is 46.6. The molecule has 1 aliphatic heterocycles. The van der Waals surface area contributed by atoms with Crippen LogP contribution in [0.2, 0.25) is 0 Å². The summed E-state index contributed by atoms with van der Waals surface area (Å²) in [7, 11) is 0. The van der Waals surface area contributed by atoms with Gasteiger partial charge in [0, 0.05) is 35.4 Å². The fourth-order valence-electron chi connectivity index (χ4n) is 5.67. The molecule has 0 saturated heterocycles. The van der Waals surface area contributed by atoms with Crippen LogP contribution in [0, 0.1) is 30.3 Å². The first-order valence-electron chi connectivity index (χ1n) is 17.9. The number of nitro benzene ring substituents is 3. The quantitative estimate of drug-likeness (QED) is 0.0875. The van der Waals surface area contributed by atoms with Gasteiger partial charge in [-0.3, -0.25) is 30.3 Å². The summed E-state index contributed by atoms with van der Waals surface area (Å²) in [5, 5.41) is 35.3. The molecule has 18 heteroatoms. The van der Waals surface area contributed by atoms with Crippen molar-refractivity contribution in [2.24, 2.45) is 0 Å². The topological polar surface area (TPSA) is 220 Å². The summed E-state index contributed by atoms with van der Waals surface area (Å²) in [6.07, 6.45) is -1.19. The number of hydrogen-bond acceptors (Lipinski definition) is 15. The molecule has 0 amide bonds. The van der Waals surface area contributed by atoms with Gasteiger partial charge in [0.2, 0.25) is 0 Å². The Balaban J connectivity index is 1.49. The molecular formula is C39H41N3O15. The van der Waals surface area contributed by atoms with Crippen LogP contribution in [-0.2, 0) is 46.4 Å². The molecule has 1 heterocycles. The zero-order valence-electron chi connectivity index (χ0n) is 30.8. The van der Waals surface area contributed by atoms with Crippen molar-refractivity contribution < 1.29 is 57.5 Å². The Morgan fingerprint density at radius 2 is 0.912 bits per heavy atom. The monoisotopic (exact) mass is 791 g/mol. The number of rotatable bonds is 7. The Morgan fingerprint density at radius 3 is 1.32 bits per heavy atom. The van der Waals surface area contributed by atoms with Crippen molar-refractivity contribution in [3.05, 3.63) is 149 Å². The highest BCUT2D eigenvalue weighted by molar-refractivity contribution is 5.93. The maximum atomic E-state index is 13.6. The molecular weight excluding hydrogens is 750 g/mol. The first-order valence-corrected chi connectivity index (χ1v) is 17.9. The molecule has 2 bridgehead atoms. The molecule has 302 valence electrons. The van der Waals surface area contributed by atoms with Gasteiger partial charge in [0.1, 0.15) is 18.0 Å². The van der Waals surface area contributed by atoms with Crippen LogP contribution in [0.5, 0.6) is 5.75 Å². The van der Waals surface area contributed by atoms with E-state index in [1.54, 1.807) is 0 Å². The smallest absolute Gasteiger partial charge is 0.344 e. The van der Waals surface area contributed by atoms with Crippen LogP contribution in [0.3, 0.4) is 0 Å². The molecule has 57 heavy (non-hydrogen) atoms. The first kappa shape index (κ1) is 42.4. The molecule has 0 unspecified atom stereocenters. The summed E-state index contributed by atoms with van der Waals surface area (Å²) < 4.78 is 47.0. The molecule has 0 radical (unpaired) electrons. The lowest BCUT2D eigenvalue weighted by molar-refractivity contribution is -0.394. The van der Waals surface area contributed by atoms with Crippen molar-refractivity contribution in [1.82, 2.24) is 0 Å². The van der Waals surface area contributed by atoms with E-state index in [1.165, 1.54) is 0 Å². The number of non-ortho nitro benzene ring substituents is 3. The Bertz CT molecular complexity index is 1830. The van der Waals surface area contributed by atoms with E-state index in [2.05, 4.69) is 0 Å². The van der Waals surface area contributed by atoms with Crippen LogP contribution in [0.15, 0.2) is 91.0 Å². The van der Waals surface area contributed by atoms with Gasteiger partial charge in [-0.05, 0) is 11.1 Å². The zero-order valence-corrected chi connectivity index (χ0v) is 30.8. The van der Waals surface area contributed by atoms with Crippen molar-refractivity contribution in [3.63, 3.8) is 0 Å². The number of esters is 1. The van der Waals surface area contributed by atoms with Crippen molar-refractivity contribution >= 4 is 23.0 Å².